The van der Waals surface area contributed by atoms with E-state index in [4.69, 9.17) is 11.6 Å². The van der Waals surface area contributed by atoms with Gasteiger partial charge in [0.15, 0.2) is 0 Å². The Morgan fingerprint density at radius 3 is 2.56 bits per heavy atom. The van der Waals surface area contributed by atoms with Crippen molar-refractivity contribution in [2.45, 2.75) is 44.2 Å². The second-order valence-electron chi connectivity index (χ2n) is 7.11. The first kappa shape index (κ1) is 19.9. The average molecular weight is 407 g/mol. The lowest BCUT2D eigenvalue weighted by Crippen LogP contribution is -2.36. The van der Waals surface area contributed by atoms with Gasteiger partial charge in [0.25, 0.3) is 5.91 Å². The van der Waals surface area contributed by atoms with Crippen LogP contribution in [0.3, 0.4) is 0 Å². The van der Waals surface area contributed by atoms with Gasteiger partial charge < -0.3 is 4.90 Å². The lowest BCUT2D eigenvalue weighted by atomic mass is 10.1. The van der Waals surface area contributed by atoms with E-state index in [2.05, 4.69) is 0 Å². The van der Waals surface area contributed by atoms with Crippen LogP contribution in [0.4, 0.5) is 5.69 Å². The van der Waals surface area contributed by atoms with Gasteiger partial charge in [-0.15, -0.1) is 0 Å². The number of nitrogens with zero attached hydrogens (tertiary/aromatic N) is 2. The molecule has 1 unspecified atom stereocenters. The number of benzene rings is 2. The summed E-state index contributed by atoms with van der Waals surface area (Å²) in [5.74, 6) is -0.290. The van der Waals surface area contributed by atoms with E-state index < -0.39 is 10.0 Å². The maximum absolute atomic E-state index is 13.3. The van der Waals surface area contributed by atoms with Gasteiger partial charge in [-0.05, 0) is 57.0 Å². The van der Waals surface area contributed by atoms with Crippen LogP contribution in [0, 0.1) is 0 Å². The summed E-state index contributed by atoms with van der Waals surface area (Å²) in [7, 11) is -2.18. The molecule has 0 aromatic heterocycles. The van der Waals surface area contributed by atoms with Crippen molar-refractivity contribution >= 4 is 33.2 Å². The van der Waals surface area contributed by atoms with E-state index in [0.29, 0.717) is 0 Å². The fourth-order valence-corrected chi connectivity index (χ4v) is 4.87. The highest BCUT2D eigenvalue weighted by molar-refractivity contribution is 7.89. The summed E-state index contributed by atoms with van der Waals surface area (Å²) in [5, 5.41) is 0.239. The number of hydrogen-bond acceptors (Lipinski definition) is 3. The monoisotopic (exact) mass is 406 g/mol. The largest absolute Gasteiger partial charge is 0.305 e. The van der Waals surface area contributed by atoms with Crippen LogP contribution in [0.5, 0.6) is 0 Å². The molecule has 0 spiro atoms. The standard InChI is InChI=1S/C20H23ClN2O3S/c1-13(2)22(4)27(25,26)16-9-10-18(21)17(12-16)20(24)23-14(3)11-15-7-5-6-8-19(15)23/h5-10,12-14H,11H2,1-4H3. The molecule has 2 aromatic carbocycles. The summed E-state index contributed by atoms with van der Waals surface area (Å²) >= 11 is 6.28. The molecule has 0 N–H and O–H groups in total. The Morgan fingerprint density at radius 2 is 1.89 bits per heavy atom. The van der Waals surface area contributed by atoms with Gasteiger partial charge in [-0.1, -0.05) is 29.8 Å². The Labute approximate surface area is 165 Å². The number of fused-ring (bicyclic) bond motifs is 1. The van der Waals surface area contributed by atoms with E-state index in [1.807, 2.05) is 31.2 Å². The molecule has 2 aromatic rings. The minimum absolute atomic E-state index is 0.0235. The quantitative estimate of drug-likeness (QED) is 0.772. The molecule has 1 amide bonds. The van der Waals surface area contributed by atoms with Crippen LogP contribution in [0.2, 0.25) is 5.02 Å². The SMILES string of the molecule is CC1Cc2ccccc2N1C(=O)c1cc(S(=O)(=O)N(C)C(C)C)ccc1Cl. The van der Waals surface area contributed by atoms with E-state index >= 15 is 0 Å². The highest BCUT2D eigenvalue weighted by Crippen LogP contribution is 2.34. The van der Waals surface area contributed by atoms with Crippen LogP contribution in [0.25, 0.3) is 0 Å². The van der Waals surface area contributed by atoms with Crippen LogP contribution in [-0.2, 0) is 16.4 Å². The van der Waals surface area contributed by atoms with Crippen LogP contribution < -0.4 is 4.90 Å². The topological polar surface area (TPSA) is 57.7 Å². The molecule has 1 heterocycles. The zero-order valence-electron chi connectivity index (χ0n) is 15.8. The van der Waals surface area contributed by atoms with E-state index in [9.17, 15) is 13.2 Å². The van der Waals surface area contributed by atoms with Crippen LogP contribution in [0.1, 0.15) is 36.7 Å². The third-order valence-electron chi connectivity index (χ3n) is 5.00. The third-order valence-corrected chi connectivity index (χ3v) is 7.36. The molecule has 1 atom stereocenters. The van der Waals surface area contributed by atoms with Crippen molar-refractivity contribution in [3.05, 3.63) is 58.6 Å². The van der Waals surface area contributed by atoms with Gasteiger partial charge in [-0.2, -0.15) is 4.31 Å². The van der Waals surface area contributed by atoms with Crippen molar-refractivity contribution in [1.82, 2.24) is 4.31 Å². The number of amides is 1. The molecule has 0 saturated heterocycles. The molecule has 1 aliphatic heterocycles. The fourth-order valence-electron chi connectivity index (χ4n) is 3.28. The summed E-state index contributed by atoms with van der Waals surface area (Å²) in [6, 6.07) is 11.8. The van der Waals surface area contributed by atoms with E-state index in [1.165, 1.54) is 29.6 Å². The molecule has 5 nitrogen and oxygen atoms in total. The van der Waals surface area contributed by atoms with E-state index in [-0.39, 0.29) is 33.5 Å². The normalized spacial score (nSPS) is 16.9. The Bertz CT molecular complexity index is 988. The predicted octanol–water partition coefficient (Wildman–Crippen LogP) is 3.96. The first-order valence-corrected chi connectivity index (χ1v) is 10.7. The maximum atomic E-state index is 13.3. The Balaban J connectivity index is 2.04. The number of rotatable bonds is 4. The Kier molecular flexibility index (Phi) is 5.34. The zero-order valence-corrected chi connectivity index (χ0v) is 17.4. The highest BCUT2D eigenvalue weighted by Gasteiger charge is 2.33. The fraction of sp³-hybridized carbons (Fsp3) is 0.350. The number of sulfonamides is 1. The van der Waals surface area contributed by atoms with Crippen molar-refractivity contribution in [1.29, 1.82) is 0 Å². The Morgan fingerprint density at radius 1 is 1.22 bits per heavy atom. The predicted molar refractivity (Wildman–Crippen MR) is 108 cm³/mol. The highest BCUT2D eigenvalue weighted by atomic mass is 35.5. The van der Waals surface area contributed by atoms with Gasteiger partial charge in [-0.25, -0.2) is 8.42 Å². The number of carbonyl (C=O) groups excluding carboxylic acids is 1. The molecule has 0 saturated carbocycles. The number of para-hydroxylation sites is 1. The van der Waals surface area contributed by atoms with Gasteiger partial charge >= 0.3 is 0 Å². The van der Waals surface area contributed by atoms with Crippen molar-refractivity contribution in [3.63, 3.8) is 0 Å². The van der Waals surface area contributed by atoms with Gasteiger partial charge in [0.2, 0.25) is 10.0 Å². The first-order valence-electron chi connectivity index (χ1n) is 8.83. The first-order chi connectivity index (χ1) is 12.6. The lowest BCUT2D eigenvalue weighted by Gasteiger charge is -2.24. The number of anilines is 1. The van der Waals surface area contributed by atoms with Crippen molar-refractivity contribution in [2.24, 2.45) is 0 Å². The number of hydrogen-bond donors (Lipinski definition) is 0. The molecular weight excluding hydrogens is 384 g/mol. The Hall–Kier alpha value is -1.89. The molecule has 27 heavy (non-hydrogen) atoms. The summed E-state index contributed by atoms with van der Waals surface area (Å²) in [6.07, 6.45) is 0.758. The van der Waals surface area contributed by atoms with Gasteiger partial charge in [0.05, 0.1) is 15.5 Å². The molecule has 0 radical (unpaired) electrons. The summed E-state index contributed by atoms with van der Waals surface area (Å²) in [6.45, 7) is 5.56. The van der Waals surface area contributed by atoms with E-state index in [1.54, 1.807) is 18.7 Å². The number of carbonyl (C=O) groups is 1. The average Bonchev–Trinajstić information content (AvgIpc) is 2.96. The van der Waals surface area contributed by atoms with Crippen LogP contribution >= 0.6 is 11.6 Å². The second kappa shape index (κ2) is 7.26. The molecule has 3 rings (SSSR count). The van der Waals surface area contributed by atoms with Crippen molar-refractivity contribution in [3.8, 4) is 0 Å². The molecular formula is C20H23ClN2O3S. The van der Waals surface area contributed by atoms with Gasteiger partial charge in [0.1, 0.15) is 0 Å². The minimum atomic E-state index is -3.70. The van der Waals surface area contributed by atoms with Crippen LogP contribution in [-0.4, -0.2) is 37.8 Å². The van der Waals surface area contributed by atoms with Crippen molar-refractivity contribution in [2.75, 3.05) is 11.9 Å². The third kappa shape index (κ3) is 3.49. The van der Waals surface area contributed by atoms with Gasteiger partial charge in [-0.3, -0.25) is 4.79 Å². The number of halogens is 1. The molecule has 0 bridgehead atoms. The molecule has 0 aliphatic carbocycles. The minimum Gasteiger partial charge on any atom is -0.305 e. The van der Waals surface area contributed by atoms with E-state index in [0.717, 1.165) is 17.7 Å². The summed E-state index contributed by atoms with van der Waals surface area (Å²) in [4.78, 5) is 15.0. The van der Waals surface area contributed by atoms with Gasteiger partial charge in [0, 0.05) is 24.8 Å². The molecule has 1 aliphatic rings. The smallest absolute Gasteiger partial charge is 0.260 e. The molecule has 0 fully saturated rings. The summed E-state index contributed by atoms with van der Waals surface area (Å²) in [5.41, 5.74) is 2.13. The molecule has 144 valence electrons. The van der Waals surface area contributed by atoms with Crippen LogP contribution in [0.15, 0.2) is 47.4 Å². The molecule has 7 heteroatoms. The second-order valence-corrected chi connectivity index (χ2v) is 9.52. The zero-order chi connectivity index (χ0) is 19.9. The van der Waals surface area contributed by atoms with Crippen molar-refractivity contribution < 1.29 is 13.2 Å². The lowest BCUT2D eigenvalue weighted by molar-refractivity contribution is 0.0981. The maximum Gasteiger partial charge on any atom is 0.260 e. The summed E-state index contributed by atoms with van der Waals surface area (Å²) < 4.78 is 26.9.